The Hall–Kier alpha value is -3.45. The molecule has 1 unspecified atom stereocenters. The molecule has 0 radical (unpaired) electrons. The first-order valence-corrected chi connectivity index (χ1v) is 11.1. The van der Waals surface area contributed by atoms with Crippen LogP contribution < -0.4 is 4.74 Å². The van der Waals surface area contributed by atoms with E-state index < -0.39 is 17.7 Å². The Balaban J connectivity index is 1.90. The summed E-state index contributed by atoms with van der Waals surface area (Å²) in [6.07, 6.45) is 3.34. The molecule has 6 nitrogen and oxygen atoms in total. The SMILES string of the molecule is COc1cc(C)c(/C(O)=C2\C(=O)C(=O)N(Cc3cccnc3)C2c2sccc2C)cc1C. The van der Waals surface area contributed by atoms with Crippen molar-refractivity contribution < 1.29 is 19.4 Å². The van der Waals surface area contributed by atoms with E-state index in [1.165, 1.54) is 16.2 Å². The molecule has 1 aliphatic rings. The van der Waals surface area contributed by atoms with Crippen molar-refractivity contribution >= 4 is 28.8 Å². The van der Waals surface area contributed by atoms with Gasteiger partial charge < -0.3 is 14.7 Å². The molecule has 4 rings (SSSR count). The van der Waals surface area contributed by atoms with E-state index in [1.807, 2.05) is 44.4 Å². The summed E-state index contributed by atoms with van der Waals surface area (Å²) in [7, 11) is 1.59. The number of ketones is 1. The molecular weight excluding hydrogens is 424 g/mol. The second-order valence-corrected chi connectivity index (χ2v) is 8.84. The number of Topliss-reactive ketones (excluding diaryl/α,β-unsaturated/α-hetero) is 1. The van der Waals surface area contributed by atoms with E-state index in [0.29, 0.717) is 11.3 Å². The molecule has 1 aliphatic heterocycles. The molecule has 0 spiro atoms. The Bertz CT molecular complexity index is 1230. The van der Waals surface area contributed by atoms with Crippen LogP contribution in [0.5, 0.6) is 5.75 Å². The molecule has 32 heavy (non-hydrogen) atoms. The van der Waals surface area contributed by atoms with Crippen LogP contribution in [0.25, 0.3) is 5.76 Å². The van der Waals surface area contributed by atoms with Gasteiger partial charge in [-0.2, -0.15) is 0 Å². The standard InChI is InChI=1S/C25H24N2O4S/c1-14-7-9-32-24(14)21-20(22(28)18-10-16(3)19(31-4)11-15(18)2)23(29)25(30)27(21)13-17-6-5-8-26-12-17/h5-12,21,28H,13H2,1-4H3/b22-20+. The van der Waals surface area contributed by atoms with Gasteiger partial charge in [-0.25, -0.2) is 0 Å². The third kappa shape index (κ3) is 3.69. The highest BCUT2D eigenvalue weighted by Crippen LogP contribution is 2.44. The van der Waals surface area contributed by atoms with Gasteiger partial charge in [-0.3, -0.25) is 14.6 Å². The summed E-state index contributed by atoms with van der Waals surface area (Å²) in [6, 6.07) is 8.55. The van der Waals surface area contributed by atoms with Crippen LogP contribution in [0, 0.1) is 20.8 Å². The van der Waals surface area contributed by atoms with Gasteiger partial charge in [-0.1, -0.05) is 6.07 Å². The molecule has 1 aromatic carbocycles. The van der Waals surface area contributed by atoms with Gasteiger partial charge in [-0.05, 0) is 72.7 Å². The molecule has 3 heterocycles. The van der Waals surface area contributed by atoms with Gasteiger partial charge in [0.15, 0.2) is 0 Å². The van der Waals surface area contributed by atoms with Crippen LogP contribution in [0.15, 0.2) is 53.7 Å². The third-order valence-corrected chi connectivity index (χ3v) is 6.83. The fraction of sp³-hybridized carbons (Fsp3) is 0.240. The predicted molar refractivity (Wildman–Crippen MR) is 124 cm³/mol. The van der Waals surface area contributed by atoms with E-state index in [0.717, 1.165) is 27.1 Å². The zero-order chi connectivity index (χ0) is 23.0. The molecule has 0 saturated carbocycles. The van der Waals surface area contributed by atoms with E-state index >= 15 is 0 Å². The number of aliphatic hydroxyl groups is 1. The van der Waals surface area contributed by atoms with Crippen LogP contribution in [0.2, 0.25) is 0 Å². The van der Waals surface area contributed by atoms with Crippen LogP contribution in [0.1, 0.15) is 38.7 Å². The topological polar surface area (TPSA) is 79.7 Å². The minimum Gasteiger partial charge on any atom is -0.507 e. The second kappa shape index (κ2) is 8.59. The number of carbonyl (C=O) groups excluding carboxylic acids is 2. The van der Waals surface area contributed by atoms with Gasteiger partial charge in [0.05, 0.1) is 12.7 Å². The van der Waals surface area contributed by atoms with Gasteiger partial charge in [0.1, 0.15) is 17.6 Å². The third-order valence-electron chi connectivity index (χ3n) is 5.76. The number of methoxy groups -OCH3 is 1. The monoisotopic (exact) mass is 448 g/mol. The first-order valence-electron chi connectivity index (χ1n) is 10.2. The van der Waals surface area contributed by atoms with Crippen LogP contribution in [0.4, 0.5) is 0 Å². The minimum atomic E-state index is -0.683. The summed E-state index contributed by atoms with van der Waals surface area (Å²) in [5.74, 6) is -0.784. The van der Waals surface area contributed by atoms with Crippen molar-refractivity contribution in [3.05, 3.63) is 86.4 Å². The highest BCUT2D eigenvalue weighted by atomic mass is 32.1. The molecule has 0 aliphatic carbocycles. The zero-order valence-electron chi connectivity index (χ0n) is 18.4. The maximum Gasteiger partial charge on any atom is 0.295 e. The lowest BCUT2D eigenvalue weighted by Gasteiger charge is -2.25. The van der Waals surface area contributed by atoms with Crippen LogP contribution in [-0.4, -0.2) is 33.8 Å². The number of aliphatic hydroxyl groups excluding tert-OH is 1. The molecule has 164 valence electrons. The zero-order valence-corrected chi connectivity index (χ0v) is 19.2. The van der Waals surface area contributed by atoms with E-state index in [4.69, 9.17) is 4.74 Å². The molecule has 2 aromatic heterocycles. The number of thiophene rings is 1. The second-order valence-electron chi connectivity index (χ2n) is 7.89. The number of aromatic nitrogens is 1. The quantitative estimate of drug-likeness (QED) is 0.348. The number of aryl methyl sites for hydroxylation is 3. The maximum atomic E-state index is 13.2. The molecular formula is C25H24N2O4S. The van der Waals surface area contributed by atoms with E-state index in [-0.39, 0.29) is 17.9 Å². The largest absolute Gasteiger partial charge is 0.507 e. The summed E-state index contributed by atoms with van der Waals surface area (Å²) >= 11 is 1.47. The number of pyridine rings is 1. The summed E-state index contributed by atoms with van der Waals surface area (Å²) < 4.78 is 5.37. The summed E-state index contributed by atoms with van der Waals surface area (Å²) in [5, 5.41) is 13.3. The number of benzene rings is 1. The lowest BCUT2D eigenvalue weighted by molar-refractivity contribution is -0.140. The summed E-state index contributed by atoms with van der Waals surface area (Å²) in [4.78, 5) is 32.8. The lowest BCUT2D eigenvalue weighted by atomic mass is 9.95. The number of ether oxygens (including phenoxy) is 1. The van der Waals surface area contributed by atoms with Crippen LogP contribution in [-0.2, 0) is 16.1 Å². The van der Waals surface area contributed by atoms with E-state index in [2.05, 4.69) is 4.98 Å². The van der Waals surface area contributed by atoms with Crippen molar-refractivity contribution in [2.75, 3.05) is 7.11 Å². The van der Waals surface area contributed by atoms with Crippen molar-refractivity contribution in [3.63, 3.8) is 0 Å². The number of hydrogen-bond donors (Lipinski definition) is 1. The predicted octanol–water partition coefficient (Wildman–Crippen LogP) is 4.70. The lowest BCUT2D eigenvalue weighted by Crippen LogP contribution is -2.29. The maximum absolute atomic E-state index is 13.2. The number of nitrogens with zero attached hydrogens (tertiary/aromatic N) is 2. The van der Waals surface area contributed by atoms with Crippen molar-refractivity contribution in [3.8, 4) is 5.75 Å². The highest BCUT2D eigenvalue weighted by molar-refractivity contribution is 7.10. The Morgan fingerprint density at radius 3 is 2.56 bits per heavy atom. The van der Waals surface area contributed by atoms with Gasteiger partial charge in [0.2, 0.25) is 0 Å². The van der Waals surface area contributed by atoms with Crippen LogP contribution >= 0.6 is 11.3 Å². The first kappa shape index (κ1) is 21.8. The average molecular weight is 449 g/mol. The summed E-state index contributed by atoms with van der Waals surface area (Å²) in [6.45, 7) is 5.88. The van der Waals surface area contributed by atoms with Crippen molar-refractivity contribution in [2.45, 2.75) is 33.4 Å². The van der Waals surface area contributed by atoms with Gasteiger partial charge in [0.25, 0.3) is 11.7 Å². The van der Waals surface area contributed by atoms with Crippen molar-refractivity contribution in [2.24, 2.45) is 0 Å². The molecule has 1 atom stereocenters. The molecule has 7 heteroatoms. The molecule has 1 N–H and O–H groups in total. The Morgan fingerprint density at radius 2 is 1.94 bits per heavy atom. The smallest absolute Gasteiger partial charge is 0.295 e. The van der Waals surface area contributed by atoms with Gasteiger partial charge in [-0.15, -0.1) is 11.3 Å². The molecule has 0 bridgehead atoms. The number of likely N-dealkylation sites (tertiary alicyclic amines) is 1. The fourth-order valence-electron chi connectivity index (χ4n) is 4.08. The van der Waals surface area contributed by atoms with Crippen molar-refractivity contribution in [1.82, 2.24) is 9.88 Å². The molecule has 1 saturated heterocycles. The number of rotatable bonds is 5. The van der Waals surface area contributed by atoms with E-state index in [1.54, 1.807) is 31.6 Å². The van der Waals surface area contributed by atoms with Gasteiger partial charge in [0, 0.05) is 29.4 Å². The number of hydrogen-bond acceptors (Lipinski definition) is 6. The van der Waals surface area contributed by atoms with Crippen molar-refractivity contribution in [1.29, 1.82) is 0 Å². The Kier molecular flexibility index (Phi) is 5.84. The fourth-order valence-corrected chi connectivity index (χ4v) is 5.13. The van der Waals surface area contributed by atoms with Gasteiger partial charge >= 0.3 is 0 Å². The Morgan fingerprint density at radius 1 is 1.16 bits per heavy atom. The molecule has 1 fully saturated rings. The number of amides is 1. The number of carbonyl (C=O) groups is 2. The molecule has 1 amide bonds. The first-order chi connectivity index (χ1) is 15.3. The van der Waals surface area contributed by atoms with Crippen LogP contribution in [0.3, 0.4) is 0 Å². The Labute approximate surface area is 190 Å². The average Bonchev–Trinajstić information content (AvgIpc) is 3.31. The normalized spacial score (nSPS) is 17.8. The minimum absolute atomic E-state index is 0.108. The summed E-state index contributed by atoms with van der Waals surface area (Å²) in [5.41, 5.74) is 3.98. The van der Waals surface area contributed by atoms with E-state index in [9.17, 15) is 14.7 Å². The molecule has 3 aromatic rings. The highest BCUT2D eigenvalue weighted by Gasteiger charge is 2.47.